The average Bonchev–Trinajstić information content (AvgIpc) is 2.97. The zero-order valence-electron chi connectivity index (χ0n) is 21.3. The van der Waals surface area contributed by atoms with Gasteiger partial charge in [-0.1, -0.05) is 78.5 Å². The van der Waals surface area contributed by atoms with Crippen LogP contribution >= 0.6 is 11.8 Å². The third kappa shape index (κ3) is 5.38. The lowest BCUT2D eigenvalue weighted by molar-refractivity contribution is -0.114. The lowest BCUT2D eigenvalue weighted by atomic mass is 9.87. The van der Waals surface area contributed by atoms with Crippen molar-refractivity contribution in [1.82, 2.24) is 5.32 Å². The van der Waals surface area contributed by atoms with Gasteiger partial charge >= 0.3 is 0 Å². The number of halogens is 1. The fourth-order valence-corrected chi connectivity index (χ4v) is 6.27. The molecule has 1 N–H and O–H groups in total. The van der Waals surface area contributed by atoms with Gasteiger partial charge in [-0.2, -0.15) is 0 Å². The number of nitrogens with zero attached hydrogens (tertiary/aromatic N) is 1. The van der Waals surface area contributed by atoms with Crippen molar-refractivity contribution in [2.24, 2.45) is 0 Å². The van der Waals surface area contributed by atoms with Gasteiger partial charge in [0.1, 0.15) is 5.82 Å². The van der Waals surface area contributed by atoms with E-state index >= 15 is 0 Å². The van der Waals surface area contributed by atoms with Gasteiger partial charge in [-0.15, -0.1) is 0 Å². The molecule has 4 aromatic carbocycles. The van der Waals surface area contributed by atoms with Crippen LogP contribution in [0.2, 0.25) is 0 Å². The summed E-state index contributed by atoms with van der Waals surface area (Å²) in [6, 6.07) is 29.6. The van der Waals surface area contributed by atoms with Gasteiger partial charge in [0, 0.05) is 10.5 Å². The van der Waals surface area contributed by atoms with E-state index in [0.29, 0.717) is 16.2 Å². The van der Waals surface area contributed by atoms with Gasteiger partial charge in [-0.05, 0) is 77.9 Å². The van der Waals surface area contributed by atoms with Crippen LogP contribution in [0.25, 0.3) is 6.08 Å². The zero-order valence-corrected chi connectivity index (χ0v) is 22.1. The van der Waals surface area contributed by atoms with Crippen LogP contribution in [0.4, 0.5) is 10.1 Å². The molecule has 1 aliphatic heterocycles. The van der Waals surface area contributed by atoms with Gasteiger partial charge < -0.3 is 10.2 Å². The normalized spacial score (nSPS) is 17.5. The van der Waals surface area contributed by atoms with Gasteiger partial charge in [-0.3, -0.25) is 9.59 Å². The van der Waals surface area contributed by atoms with Gasteiger partial charge in [0.05, 0.1) is 23.2 Å². The predicted molar refractivity (Wildman–Crippen MR) is 154 cm³/mol. The summed E-state index contributed by atoms with van der Waals surface area (Å²) in [7, 11) is 0. The van der Waals surface area contributed by atoms with E-state index in [4.69, 9.17) is 0 Å². The molecule has 39 heavy (non-hydrogen) atoms. The maximum Gasteiger partial charge on any atom is 0.265 e. The van der Waals surface area contributed by atoms with Gasteiger partial charge in [0.2, 0.25) is 0 Å². The molecule has 0 bridgehead atoms. The lowest BCUT2D eigenvalue weighted by Gasteiger charge is -2.31. The first kappa shape index (κ1) is 25.1. The number of carbonyl (C=O) groups excluding carboxylic acids is 2. The van der Waals surface area contributed by atoms with Crippen molar-refractivity contribution in [1.29, 1.82) is 0 Å². The molecular formula is C33H27FN2O2S. The van der Waals surface area contributed by atoms with E-state index in [1.165, 1.54) is 35.0 Å². The Morgan fingerprint density at radius 3 is 2.56 bits per heavy atom. The Hall–Kier alpha value is -4.16. The monoisotopic (exact) mass is 534 g/mol. The molecule has 4 aromatic rings. The minimum atomic E-state index is -0.326. The number of anilines is 1. The number of hydrogen-bond donors (Lipinski definition) is 1. The smallest absolute Gasteiger partial charge is 0.265 e. The van der Waals surface area contributed by atoms with Crippen LogP contribution in [-0.2, 0) is 17.8 Å². The highest BCUT2D eigenvalue weighted by Gasteiger charge is 2.31. The number of fused-ring (bicyclic) bond motifs is 2. The first-order valence-corrected chi connectivity index (χ1v) is 13.9. The summed E-state index contributed by atoms with van der Waals surface area (Å²) in [6.45, 7) is 0.264. The fraction of sp³-hybridized carbons (Fsp3) is 0.152. The molecule has 2 aliphatic rings. The predicted octanol–water partition coefficient (Wildman–Crippen LogP) is 7.31. The van der Waals surface area contributed by atoms with Crippen molar-refractivity contribution in [3.8, 4) is 0 Å². The molecule has 6 heteroatoms. The molecule has 0 saturated heterocycles. The second-order valence-corrected chi connectivity index (χ2v) is 10.9. The van der Waals surface area contributed by atoms with Gasteiger partial charge in [0.25, 0.3) is 11.8 Å². The summed E-state index contributed by atoms with van der Waals surface area (Å²) >= 11 is 1.40. The second-order valence-electron chi connectivity index (χ2n) is 9.84. The fourth-order valence-electron chi connectivity index (χ4n) is 5.23. The molecule has 1 heterocycles. The molecule has 0 radical (unpaired) electrons. The lowest BCUT2D eigenvalue weighted by Crippen LogP contribution is -2.34. The Labute approximate surface area is 231 Å². The minimum absolute atomic E-state index is 0.0368. The maximum atomic E-state index is 13.8. The van der Waals surface area contributed by atoms with Crippen LogP contribution in [0.5, 0.6) is 0 Å². The summed E-state index contributed by atoms with van der Waals surface area (Å²) < 4.78 is 13.6. The summed E-state index contributed by atoms with van der Waals surface area (Å²) in [4.78, 5) is 30.3. The molecule has 6 rings (SSSR count). The van der Waals surface area contributed by atoms with E-state index in [1.54, 1.807) is 23.1 Å². The number of amides is 2. The molecule has 0 saturated carbocycles. The molecule has 1 unspecified atom stereocenters. The van der Waals surface area contributed by atoms with Crippen molar-refractivity contribution in [3.05, 3.63) is 136 Å². The van der Waals surface area contributed by atoms with Crippen molar-refractivity contribution in [2.75, 3.05) is 4.90 Å². The average molecular weight is 535 g/mol. The number of benzene rings is 4. The van der Waals surface area contributed by atoms with E-state index in [9.17, 15) is 14.0 Å². The molecule has 2 amide bonds. The maximum absolute atomic E-state index is 13.8. The Bertz CT molecular complexity index is 1570. The van der Waals surface area contributed by atoms with E-state index in [2.05, 4.69) is 17.4 Å². The molecule has 1 atom stereocenters. The number of thioether (sulfide) groups is 1. The summed E-state index contributed by atoms with van der Waals surface area (Å²) in [5.74, 6) is -0.642. The molecular weight excluding hydrogens is 507 g/mol. The Kier molecular flexibility index (Phi) is 7.03. The van der Waals surface area contributed by atoms with Crippen molar-refractivity contribution < 1.29 is 14.0 Å². The second kappa shape index (κ2) is 10.9. The van der Waals surface area contributed by atoms with Crippen molar-refractivity contribution in [3.63, 3.8) is 0 Å². The Morgan fingerprint density at radius 1 is 0.974 bits per heavy atom. The highest BCUT2D eigenvalue weighted by atomic mass is 32.2. The third-order valence-corrected chi connectivity index (χ3v) is 8.29. The van der Waals surface area contributed by atoms with E-state index < -0.39 is 0 Å². The molecule has 0 spiro atoms. The van der Waals surface area contributed by atoms with Crippen molar-refractivity contribution >= 4 is 35.3 Å². The Balaban J connectivity index is 1.33. The standard InChI is InChI=1S/C33H27FN2O2S/c34-26-16-13-23(14-17-26)21-36-29-20-25(32(37)35-28-12-6-10-24-9-4-5-11-27(24)28)15-18-30(29)39-31(33(36)38)19-22-7-2-1-3-8-22/h1-5,7-9,11,13-20,28H,6,10,12,21H2,(H,35,37)/b31-19-. The first-order chi connectivity index (χ1) is 19.0. The number of hydrogen-bond acceptors (Lipinski definition) is 3. The molecule has 4 nitrogen and oxygen atoms in total. The number of aryl methyl sites for hydroxylation is 1. The highest BCUT2D eigenvalue weighted by Crippen LogP contribution is 2.43. The van der Waals surface area contributed by atoms with E-state index in [1.807, 2.05) is 60.7 Å². The van der Waals surface area contributed by atoms with Crippen LogP contribution in [0, 0.1) is 5.82 Å². The van der Waals surface area contributed by atoms with Crippen LogP contribution in [-0.4, -0.2) is 11.8 Å². The first-order valence-electron chi connectivity index (χ1n) is 13.1. The molecule has 0 fully saturated rings. The van der Waals surface area contributed by atoms with Gasteiger partial charge in [0.15, 0.2) is 0 Å². The van der Waals surface area contributed by atoms with E-state index in [-0.39, 0.29) is 30.2 Å². The molecule has 194 valence electrons. The van der Waals surface area contributed by atoms with Crippen LogP contribution < -0.4 is 10.2 Å². The van der Waals surface area contributed by atoms with Crippen LogP contribution in [0.1, 0.15) is 51.5 Å². The highest BCUT2D eigenvalue weighted by molar-refractivity contribution is 8.04. The number of carbonyl (C=O) groups is 2. The minimum Gasteiger partial charge on any atom is -0.345 e. The van der Waals surface area contributed by atoms with Crippen LogP contribution in [0.15, 0.2) is 107 Å². The number of nitrogens with one attached hydrogen (secondary N) is 1. The Morgan fingerprint density at radius 2 is 1.74 bits per heavy atom. The topological polar surface area (TPSA) is 49.4 Å². The quantitative estimate of drug-likeness (QED) is 0.273. The van der Waals surface area contributed by atoms with E-state index in [0.717, 1.165) is 35.3 Å². The van der Waals surface area contributed by atoms with Crippen molar-refractivity contribution in [2.45, 2.75) is 36.7 Å². The number of rotatable bonds is 5. The van der Waals surface area contributed by atoms with Crippen LogP contribution in [0.3, 0.4) is 0 Å². The summed E-state index contributed by atoms with van der Waals surface area (Å²) in [6.07, 6.45) is 4.83. The SMILES string of the molecule is O=C(NC1CCCc2ccccc21)c1ccc2c(c1)N(Cc1ccc(F)cc1)C(=O)/C(=C/c1ccccc1)S2. The largest absolute Gasteiger partial charge is 0.345 e. The van der Waals surface area contributed by atoms with Gasteiger partial charge in [-0.25, -0.2) is 4.39 Å². The summed E-state index contributed by atoms with van der Waals surface area (Å²) in [5.41, 5.74) is 5.37. The summed E-state index contributed by atoms with van der Waals surface area (Å²) in [5, 5.41) is 3.22. The zero-order chi connectivity index (χ0) is 26.8. The molecule has 0 aromatic heterocycles. The third-order valence-electron chi connectivity index (χ3n) is 7.21. The molecule has 1 aliphatic carbocycles.